The molecular weight excluding hydrogens is 443 g/mol. The minimum Gasteiger partial charge on any atom is -0.463 e. The number of hydrogen-bond acceptors (Lipinski definition) is 4. The van der Waals surface area contributed by atoms with Crippen molar-refractivity contribution >= 4 is 18.0 Å². The normalized spacial score (nSPS) is 18.0. The van der Waals surface area contributed by atoms with Crippen LogP contribution in [-0.2, 0) is 16.1 Å². The van der Waals surface area contributed by atoms with Gasteiger partial charge in [-0.15, -0.1) is 0 Å². The minimum atomic E-state index is -0.265. The Morgan fingerprint density at radius 1 is 1.14 bits per heavy atom. The third-order valence-electron chi connectivity index (χ3n) is 6.77. The Hall–Kier alpha value is -3.80. The van der Waals surface area contributed by atoms with Crippen molar-refractivity contribution in [2.24, 2.45) is 5.92 Å². The van der Waals surface area contributed by atoms with Gasteiger partial charge in [0.05, 0.1) is 12.2 Å². The summed E-state index contributed by atoms with van der Waals surface area (Å²) in [5.74, 6) is 0.220. The molecule has 35 heavy (non-hydrogen) atoms. The first-order chi connectivity index (χ1) is 16.9. The van der Waals surface area contributed by atoms with E-state index in [-0.39, 0.29) is 19.1 Å². The second kappa shape index (κ2) is 9.45. The van der Waals surface area contributed by atoms with E-state index in [1.54, 1.807) is 25.3 Å². The van der Waals surface area contributed by atoms with Crippen molar-refractivity contribution < 1.29 is 20.1 Å². The number of aryl methyl sites for hydroxylation is 1. The van der Waals surface area contributed by atoms with Crippen LogP contribution in [0.1, 0.15) is 59.7 Å². The third-order valence-corrected chi connectivity index (χ3v) is 6.77. The van der Waals surface area contributed by atoms with Crippen molar-refractivity contribution in [1.29, 1.82) is 0 Å². The molecule has 0 bridgehead atoms. The summed E-state index contributed by atoms with van der Waals surface area (Å²) in [6.45, 7) is 4.17. The Morgan fingerprint density at radius 2 is 2.00 bits per heavy atom. The summed E-state index contributed by atoms with van der Waals surface area (Å²) >= 11 is 0. The SMILES string of the molecule is CCOC(=O)C1=Cc2cc(-c3cncc(C(=O)NCc4ccc(F)c(C)c4)c3)ccc2C2CC2C1.[HH]. The number of esters is 1. The molecule has 0 saturated heterocycles. The van der Waals surface area contributed by atoms with E-state index in [2.05, 4.69) is 28.5 Å². The average Bonchev–Trinajstić information content (AvgIpc) is 3.64. The number of benzene rings is 2. The second-order valence-electron chi connectivity index (χ2n) is 9.27. The summed E-state index contributed by atoms with van der Waals surface area (Å²) < 4.78 is 18.8. The van der Waals surface area contributed by atoms with E-state index in [0.717, 1.165) is 40.7 Å². The molecule has 2 aliphatic carbocycles. The smallest absolute Gasteiger partial charge is 0.334 e. The van der Waals surface area contributed by atoms with E-state index in [1.165, 1.54) is 17.8 Å². The molecule has 1 amide bonds. The highest BCUT2D eigenvalue weighted by Crippen LogP contribution is 2.54. The molecule has 0 aliphatic heterocycles. The number of carbonyl (C=O) groups is 2. The number of nitrogens with one attached hydrogen (secondary N) is 1. The first-order valence-electron chi connectivity index (χ1n) is 11.9. The monoisotopic (exact) mass is 472 g/mol. The van der Waals surface area contributed by atoms with Crippen LogP contribution < -0.4 is 5.32 Å². The van der Waals surface area contributed by atoms with Gasteiger partial charge in [-0.1, -0.05) is 24.3 Å². The number of rotatable bonds is 6. The lowest BCUT2D eigenvalue weighted by atomic mass is 9.96. The first-order valence-corrected chi connectivity index (χ1v) is 11.9. The standard InChI is InChI=1S/C29H27FN2O3.H2/c1-3-35-29(34)22-10-20-9-19(5-6-25(20)26-13-21(26)11-22)23-12-24(16-31-15-23)28(33)32-14-18-4-7-27(30)17(2)8-18;/h4-10,12,15-16,21,26H,3,11,13-14H2,1-2H3,(H,32,33);1H. The van der Waals surface area contributed by atoms with Crippen LogP contribution in [0.15, 0.2) is 60.4 Å². The maximum Gasteiger partial charge on any atom is 0.334 e. The molecule has 1 fully saturated rings. The highest BCUT2D eigenvalue weighted by molar-refractivity contribution is 5.96. The molecule has 5 nitrogen and oxygen atoms in total. The van der Waals surface area contributed by atoms with Gasteiger partial charge in [-0.25, -0.2) is 9.18 Å². The van der Waals surface area contributed by atoms with Gasteiger partial charge in [-0.3, -0.25) is 9.78 Å². The minimum absolute atomic E-state index is 0. The Labute approximate surface area is 205 Å². The molecule has 6 heteroatoms. The van der Waals surface area contributed by atoms with Crippen LogP contribution in [0, 0.1) is 18.7 Å². The van der Waals surface area contributed by atoms with Gasteiger partial charge < -0.3 is 10.1 Å². The fourth-order valence-corrected chi connectivity index (χ4v) is 4.79. The molecule has 2 aromatic carbocycles. The van der Waals surface area contributed by atoms with Crippen molar-refractivity contribution in [3.05, 3.63) is 94.1 Å². The summed E-state index contributed by atoms with van der Waals surface area (Å²) in [6, 6.07) is 12.9. The van der Waals surface area contributed by atoms with Crippen LogP contribution in [-0.4, -0.2) is 23.5 Å². The van der Waals surface area contributed by atoms with Crippen LogP contribution in [0.5, 0.6) is 0 Å². The van der Waals surface area contributed by atoms with Gasteiger partial charge in [-0.05, 0) is 90.6 Å². The van der Waals surface area contributed by atoms with Crippen molar-refractivity contribution in [2.45, 2.75) is 39.2 Å². The van der Waals surface area contributed by atoms with Crippen LogP contribution in [0.25, 0.3) is 17.2 Å². The number of carbonyl (C=O) groups excluding carboxylic acids is 2. The lowest BCUT2D eigenvalue weighted by Gasteiger charge is -2.11. The summed E-state index contributed by atoms with van der Waals surface area (Å²) in [5.41, 5.74) is 6.57. The van der Waals surface area contributed by atoms with E-state index < -0.39 is 0 Å². The molecule has 1 saturated carbocycles. The number of aromatic nitrogens is 1. The number of hydrogen-bond donors (Lipinski definition) is 1. The van der Waals surface area contributed by atoms with Gasteiger partial charge in [-0.2, -0.15) is 0 Å². The predicted molar refractivity (Wildman–Crippen MR) is 134 cm³/mol. The van der Waals surface area contributed by atoms with Gasteiger partial charge in [0.15, 0.2) is 0 Å². The Morgan fingerprint density at radius 3 is 2.80 bits per heavy atom. The number of fused-ring (bicyclic) bond motifs is 3. The summed E-state index contributed by atoms with van der Waals surface area (Å²) in [6.07, 6.45) is 7.06. The van der Waals surface area contributed by atoms with Crippen LogP contribution in [0.4, 0.5) is 4.39 Å². The fraction of sp³-hybridized carbons (Fsp3) is 0.276. The van der Waals surface area contributed by atoms with Crippen molar-refractivity contribution in [2.75, 3.05) is 6.61 Å². The lowest BCUT2D eigenvalue weighted by molar-refractivity contribution is -0.138. The zero-order valence-corrected chi connectivity index (χ0v) is 19.8. The second-order valence-corrected chi connectivity index (χ2v) is 9.27. The number of pyridine rings is 1. The zero-order chi connectivity index (χ0) is 24.5. The number of ether oxygens (including phenoxy) is 1. The summed E-state index contributed by atoms with van der Waals surface area (Å²) in [5, 5.41) is 2.88. The quantitative estimate of drug-likeness (QED) is 0.459. The molecule has 0 radical (unpaired) electrons. The van der Waals surface area contributed by atoms with Gasteiger partial charge in [0.1, 0.15) is 5.82 Å². The maximum atomic E-state index is 13.5. The average molecular weight is 473 g/mol. The Kier molecular flexibility index (Phi) is 6.20. The Bertz CT molecular complexity index is 1350. The van der Waals surface area contributed by atoms with Gasteiger partial charge in [0.2, 0.25) is 0 Å². The summed E-state index contributed by atoms with van der Waals surface area (Å²) in [4.78, 5) is 29.5. The molecule has 1 N–H and O–H groups in total. The fourth-order valence-electron chi connectivity index (χ4n) is 4.79. The number of halogens is 1. The van der Waals surface area contributed by atoms with Crippen molar-refractivity contribution in [3.63, 3.8) is 0 Å². The van der Waals surface area contributed by atoms with Crippen molar-refractivity contribution in [3.8, 4) is 11.1 Å². The molecule has 5 rings (SSSR count). The molecule has 0 spiro atoms. The van der Waals surface area contributed by atoms with Crippen LogP contribution in [0.2, 0.25) is 0 Å². The molecule has 2 atom stereocenters. The molecule has 3 aromatic rings. The van der Waals surface area contributed by atoms with Crippen LogP contribution in [0.3, 0.4) is 0 Å². The highest BCUT2D eigenvalue weighted by Gasteiger charge is 2.42. The van der Waals surface area contributed by atoms with E-state index >= 15 is 0 Å². The number of nitrogens with zero attached hydrogens (tertiary/aromatic N) is 1. The van der Waals surface area contributed by atoms with Gasteiger partial charge in [0.25, 0.3) is 5.91 Å². The predicted octanol–water partition coefficient (Wildman–Crippen LogP) is 5.83. The summed E-state index contributed by atoms with van der Waals surface area (Å²) in [7, 11) is 0. The molecule has 2 unspecified atom stereocenters. The largest absolute Gasteiger partial charge is 0.463 e. The molecule has 2 aliphatic rings. The maximum absolute atomic E-state index is 13.5. The zero-order valence-electron chi connectivity index (χ0n) is 19.8. The molecule has 1 heterocycles. The van der Waals surface area contributed by atoms with E-state index in [4.69, 9.17) is 4.74 Å². The molecule has 1 aromatic heterocycles. The first kappa shape index (κ1) is 23.0. The molecular formula is C29H29FN2O3. The third kappa shape index (κ3) is 4.87. The van der Waals surface area contributed by atoms with Gasteiger partial charge >= 0.3 is 5.97 Å². The highest BCUT2D eigenvalue weighted by atomic mass is 19.1. The van der Waals surface area contributed by atoms with Gasteiger partial charge in [0, 0.05) is 31.5 Å². The van der Waals surface area contributed by atoms with E-state index in [9.17, 15) is 14.0 Å². The van der Waals surface area contributed by atoms with Crippen LogP contribution >= 0.6 is 0 Å². The lowest BCUT2D eigenvalue weighted by Crippen LogP contribution is -2.23. The van der Waals surface area contributed by atoms with E-state index in [1.807, 2.05) is 19.1 Å². The topological polar surface area (TPSA) is 68.3 Å². The van der Waals surface area contributed by atoms with Crippen molar-refractivity contribution in [1.82, 2.24) is 10.3 Å². The number of amides is 1. The molecule has 180 valence electrons. The Balaban J connectivity index is 0.00000304. The van der Waals surface area contributed by atoms with E-state index in [0.29, 0.717) is 36.1 Å².